The van der Waals surface area contributed by atoms with Crippen LogP contribution in [0.3, 0.4) is 0 Å². The van der Waals surface area contributed by atoms with Crippen molar-refractivity contribution in [1.29, 1.82) is 0 Å². The van der Waals surface area contributed by atoms with E-state index in [1.54, 1.807) is 36.4 Å². The number of hydrogen-bond donors (Lipinski definition) is 2. The average Bonchev–Trinajstić information content (AvgIpc) is 2.69. The van der Waals surface area contributed by atoms with Gasteiger partial charge in [-0.1, -0.05) is 34.8 Å². The Kier molecular flexibility index (Phi) is 9.15. The van der Waals surface area contributed by atoms with Gasteiger partial charge in [-0.2, -0.15) is 0 Å². The lowest BCUT2D eigenvalue weighted by Crippen LogP contribution is -2.41. The Morgan fingerprint density at radius 2 is 1.67 bits per heavy atom. The molecule has 0 radical (unpaired) electrons. The molecule has 1 aliphatic heterocycles. The van der Waals surface area contributed by atoms with E-state index in [0.29, 0.717) is 58.3 Å². The van der Waals surface area contributed by atoms with Gasteiger partial charge in [-0.15, -0.1) is 23.2 Å². The molecule has 1 saturated heterocycles. The predicted molar refractivity (Wildman–Crippen MR) is 135 cm³/mol. The zero-order chi connectivity index (χ0) is 24.2. The maximum atomic E-state index is 13.2. The first-order chi connectivity index (χ1) is 15.5. The summed E-state index contributed by atoms with van der Waals surface area (Å²) in [6.07, 6.45) is 0. The van der Waals surface area contributed by atoms with Crippen molar-refractivity contribution in [3.8, 4) is 0 Å². The van der Waals surface area contributed by atoms with Crippen molar-refractivity contribution in [2.24, 2.45) is 0 Å². The highest BCUT2D eigenvalue weighted by atomic mass is 35.5. The molecule has 1 aliphatic rings. The number of carbonyl (C=O) groups excluding carboxylic acids is 2. The largest absolute Gasteiger partial charge is 0.379 e. The number of nitrogens with one attached hydrogen (secondary N) is 2. The first kappa shape index (κ1) is 26.4. The lowest BCUT2D eigenvalue weighted by atomic mass is 9.94. The van der Waals surface area contributed by atoms with Gasteiger partial charge in [-0.05, 0) is 48.9 Å². The summed E-state index contributed by atoms with van der Waals surface area (Å²) in [5, 5.41) is 6.60. The lowest BCUT2D eigenvalue weighted by molar-refractivity contribution is -0.118. The van der Waals surface area contributed by atoms with Crippen LogP contribution in [0, 0.1) is 0 Å². The van der Waals surface area contributed by atoms with E-state index >= 15 is 0 Å². The van der Waals surface area contributed by atoms with Gasteiger partial charge in [0.25, 0.3) is 0 Å². The molecule has 0 spiro atoms. The highest BCUT2D eigenvalue weighted by Gasteiger charge is 2.37. The van der Waals surface area contributed by atoms with Gasteiger partial charge in [0, 0.05) is 28.8 Å². The normalized spacial score (nSPS) is 15.7. The van der Waals surface area contributed by atoms with E-state index in [2.05, 4.69) is 10.6 Å². The number of benzene rings is 2. The van der Waals surface area contributed by atoms with Crippen LogP contribution in [0.4, 0.5) is 11.4 Å². The molecule has 2 aromatic rings. The molecule has 2 amide bonds. The summed E-state index contributed by atoms with van der Waals surface area (Å²) in [4.78, 5) is 27.6. The third kappa shape index (κ3) is 7.62. The Bertz CT molecular complexity index is 1000. The maximum absolute atomic E-state index is 13.2. The number of rotatable bonds is 7. The van der Waals surface area contributed by atoms with Crippen LogP contribution in [0.2, 0.25) is 15.1 Å². The number of anilines is 2. The quantitative estimate of drug-likeness (QED) is 0.423. The third-order valence-corrected chi connectivity index (χ3v) is 6.17. The second-order valence-corrected chi connectivity index (χ2v) is 10.8. The summed E-state index contributed by atoms with van der Waals surface area (Å²) in [6, 6.07) is 9.47. The minimum Gasteiger partial charge on any atom is -0.379 e. The van der Waals surface area contributed by atoms with E-state index in [9.17, 15) is 9.59 Å². The van der Waals surface area contributed by atoms with Crippen LogP contribution in [0.5, 0.6) is 0 Å². The van der Waals surface area contributed by atoms with E-state index in [-0.39, 0.29) is 12.5 Å². The van der Waals surface area contributed by atoms with Crippen LogP contribution in [0.25, 0.3) is 0 Å². The highest BCUT2D eigenvalue weighted by molar-refractivity contribution is 6.50. The van der Waals surface area contributed by atoms with Gasteiger partial charge in [0.1, 0.15) is 4.33 Å². The third-order valence-electron chi connectivity index (χ3n) is 4.97. The topological polar surface area (TPSA) is 70.7 Å². The van der Waals surface area contributed by atoms with Crippen LogP contribution in [0.1, 0.15) is 18.4 Å². The first-order valence-corrected chi connectivity index (χ1v) is 12.0. The SMILES string of the molecule is CC(Cl)(Cl)C(C(=O)Nc1ccc(Cl)c(NC(=O)CN2CCOCC2)c1)c1cc(Cl)cc(Cl)c1. The van der Waals surface area contributed by atoms with Gasteiger partial charge in [0.2, 0.25) is 11.8 Å². The van der Waals surface area contributed by atoms with Crippen molar-refractivity contribution >= 4 is 81.2 Å². The summed E-state index contributed by atoms with van der Waals surface area (Å²) in [6.45, 7) is 4.27. The van der Waals surface area contributed by atoms with Gasteiger partial charge in [-0.25, -0.2) is 0 Å². The minimum absolute atomic E-state index is 0.213. The zero-order valence-electron chi connectivity index (χ0n) is 17.6. The monoisotopic (exact) mass is 551 g/mol. The molecule has 6 nitrogen and oxygen atoms in total. The summed E-state index contributed by atoms with van der Waals surface area (Å²) < 4.78 is 3.83. The second kappa shape index (κ2) is 11.5. The van der Waals surface area contributed by atoms with Gasteiger partial charge in [0.15, 0.2) is 0 Å². The van der Waals surface area contributed by atoms with Gasteiger partial charge >= 0.3 is 0 Å². The van der Waals surface area contributed by atoms with Crippen molar-refractivity contribution < 1.29 is 14.3 Å². The van der Waals surface area contributed by atoms with Crippen molar-refractivity contribution in [3.05, 3.63) is 57.0 Å². The van der Waals surface area contributed by atoms with E-state index in [0.717, 1.165) is 0 Å². The molecule has 2 aromatic carbocycles. The maximum Gasteiger partial charge on any atom is 0.238 e. The number of morpholine rings is 1. The lowest BCUT2D eigenvalue weighted by Gasteiger charge is -2.26. The summed E-state index contributed by atoms with van der Waals surface area (Å²) >= 11 is 31.1. The molecular formula is C22H22Cl5N3O3. The number of alkyl halides is 2. The van der Waals surface area contributed by atoms with Crippen LogP contribution in [-0.2, 0) is 14.3 Å². The van der Waals surface area contributed by atoms with Crippen molar-refractivity contribution in [2.75, 3.05) is 43.5 Å². The molecule has 1 fully saturated rings. The highest BCUT2D eigenvalue weighted by Crippen LogP contribution is 2.40. The molecule has 178 valence electrons. The molecule has 11 heteroatoms. The Morgan fingerprint density at radius 3 is 2.27 bits per heavy atom. The number of carbonyl (C=O) groups is 2. The number of amides is 2. The fourth-order valence-electron chi connectivity index (χ4n) is 3.48. The second-order valence-electron chi connectivity index (χ2n) is 7.71. The van der Waals surface area contributed by atoms with Gasteiger partial charge in [-0.3, -0.25) is 14.5 Å². The van der Waals surface area contributed by atoms with Crippen molar-refractivity contribution in [3.63, 3.8) is 0 Å². The number of nitrogens with zero attached hydrogens (tertiary/aromatic N) is 1. The molecule has 2 N–H and O–H groups in total. The summed E-state index contributed by atoms with van der Waals surface area (Å²) in [5.74, 6) is -1.68. The van der Waals surface area contributed by atoms with Crippen molar-refractivity contribution in [2.45, 2.75) is 17.2 Å². The molecule has 3 rings (SSSR count). The zero-order valence-corrected chi connectivity index (χ0v) is 21.4. The molecule has 1 unspecified atom stereocenters. The fraction of sp³-hybridized carbons (Fsp3) is 0.364. The van der Waals surface area contributed by atoms with E-state index in [1.165, 1.54) is 6.92 Å². The average molecular weight is 554 g/mol. The van der Waals surface area contributed by atoms with E-state index in [4.69, 9.17) is 62.7 Å². The first-order valence-electron chi connectivity index (χ1n) is 10.1. The summed E-state index contributed by atoms with van der Waals surface area (Å²) in [7, 11) is 0. The number of hydrogen-bond acceptors (Lipinski definition) is 4. The van der Waals surface area contributed by atoms with Gasteiger partial charge < -0.3 is 15.4 Å². The van der Waals surface area contributed by atoms with E-state index < -0.39 is 16.2 Å². The Hall–Kier alpha value is -1.25. The molecule has 1 heterocycles. The van der Waals surface area contributed by atoms with Crippen LogP contribution < -0.4 is 10.6 Å². The molecule has 0 aromatic heterocycles. The van der Waals surface area contributed by atoms with Crippen molar-refractivity contribution in [1.82, 2.24) is 4.90 Å². The smallest absolute Gasteiger partial charge is 0.238 e. The minimum atomic E-state index is -1.46. The molecule has 0 saturated carbocycles. The number of ether oxygens (including phenoxy) is 1. The van der Waals surface area contributed by atoms with Gasteiger partial charge in [0.05, 0.1) is 36.4 Å². The Morgan fingerprint density at radius 1 is 1.03 bits per heavy atom. The molecule has 1 atom stereocenters. The van der Waals surface area contributed by atoms with E-state index in [1.807, 2.05) is 4.90 Å². The molecule has 33 heavy (non-hydrogen) atoms. The molecule has 0 aliphatic carbocycles. The molecular weight excluding hydrogens is 532 g/mol. The molecule has 0 bridgehead atoms. The standard InChI is InChI=1S/C22H22Cl5N3O3/c1-22(26,27)20(13-8-14(23)10-15(24)9-13)21(32)28-16-2-3-17(25)18(11-16)29-19(31)12-30-4-6-33-7-5-30/h2-3,8-11,20H,4-7,12H2,1H3,(H,28,32)(H,29,31). The van der Waals surface area contributed by atoms with Crippen LogP contribution >= 0.6 is 58.0 Å². The van der Waals surface area contributed by atoms with Crippen LogP contribution in [0.15, 0.2) is 36.4 Å². The van der Waals surface area contributed by atoms with Crippen LogP contribution in [-0.4, -0.2) is 53.9 Å². The summed E-state index contributed by atoms with van der Waals surface area (Å²) in [5.41, 5.74) is 1.24. The fourth-order valence-corrected chi connectivity index (χ4v) is 4.64. The Labute approximate surface area is 217 Å². The number of halogens is 5. The predicted octanol–water partition coefficient (Wildman–Crippen LogP) is 5.83. The Balaban J connectivity index is 1.76.